The molecule has 0 saturated heterocycles. The minimum absolute atomic E-state index is 0.0577. The lowest BCUT2D eigenvalue weighted by molar-refractivity contribution is -0.121. The molecule has 0 fully saturated rings. The van der Waals surface area contributed by atoms with Crippen LogP contribution in [0.2, 0.25) is 0 Å². The van der Waals surface area contributed by atoms with E-state index in [0.29, 0.717) is 11.7 Å². The van der Waals surface area contributed by atoms with Crippen molar-refractivity contribution in [1.29, 1.82) is 5.26 Å². The number of nitriles is 1. The molecule has 2 aliphatic carbocycles. The van der Waals surface area contributed by atoms with Gasteiger partial charge in [0.25, 0.3) is 0 Å². The van der Waals surface area contributed by atoms with Crippen LogP contribution in [0.25, 0.3) is 33.5 Å². The average molecular weight is 499 g/mol. The number of fused-ring (bicyclic) bond motifs is 4. The summed E-state index contributed by atoms with van der Waals surface area (Å²) >= 11 is 0. The van der Waals surface area contributed by atoms with Gasteiger partial charge in [-0.1, -0.05) is 70.2 Å². The van der Waals surface area contributed by atoms with Crippen molar-refractivity contribution in [3.63, 3.8) is 0 Å². The molecule has 5 nitrogen and oxygen atoms in total. The maximum Gasteiger partial charge on any atom is 0.176 e. The smallest absolute Gasteiger partial charge is 0.176 e. The van der Waals surface area contributed by atoms with Crippen LogP contribution in [0, 0.1) is 23.2 Å². The molecule has 6 rings (SSSR count). The van der Waals surface area contributed by atoms with Crippen LogP contribution in [-0.2, 0) is 16.6 Å². The second-order valence-electron chi connectivity index (χ2n) is 11.1. The Morgan fingerprint density at radius 2 is 1.89 bits per heavy atom. The summed E-state index contributed by atoms with van der Waals surface area (Å²) in [4.78, 5) is 28.0. The van der Waals surface area contributed by atoms with Crippen molar-refractivity contribution < 1.29 is 4.79 Å². The number of hydrogen-bond donors (Lipinski definition) is 0. The number of carbonyl (C=O) groups is 1. The first-order valence-corrected chi connectivity index (χ1v) is 13.3. The molecule has 0 N–H and O–H groups in total. The molecule has 5 heteroatoms. The van der Waals surface area contributed by atoms with Gasteiger partial charge in [0.05, 0.1) is 22.5 Å². The fraction of sp³-hybridized carbons (Fsp3) is 0.303. The van der Waals surface area contributed by atoms with Crippen LogP contribution in [0.4, 0.5) is 0 Å². The lowest BCUT2D eigenvalue weighted by Crippen LogP contribution is -2.46. The molecule has 2 aromatic carbocycles. The number of nitrogens with zero attached hydrogens (tertiary/aromatic N) is 4. The van der Waals surface area contributed by atoms with E-state index in [1.165, 1.54) is 5.56 Å². The van der Waals surface area contributed by atoms with E-state index in [4.69, 9.17) is 9.97 Å². The first kappa shape index (κ1) is 24.2. The second-order valence-corrected chi connectivity index (χ2v) is 11.1. The van der Waals surface area contributed by atoms with Gasteiger partial charge in [0.1, 0.15) is 6.07 Å². The van der Waals surface area contributed by atoms with Crippen molar-refractivity contribution in [1.82, 2.24) is 15.0 Å². The Morgan fingerprint density at radius 3 is 2.68 bits per heavy atom. The van der Waals surface area contributed by atoms with Crippen molar-refractivity contribution in [2.24, 2.45) is 11.8 Å². The van der Waals surface area contributed by atoms with Gasteiger partial charge >= 0.3 is 0 Å². The standard InChI is InChI=1S/C33H30N4O/c1-19(2)21-8-7-9-22(16-21)29-26-12-13-27-20(3)30(38)23(18-34)17-33(27,4)31(26)37-32(36-29)25-14-15-35-28-11-6-5-10-24(25)28/h5-11,14-17,19-20,27H,12-13H2,1-4H3/t20-,27-,33-/m1/s1. The number of Topliss-reactive ketones (excluding diaryl/α,β-unsaturated/α-hetero) is 1. The van der Waals surface area contributed by atoms with Gasteiger partial charge in [0.15, 0.2) is 11.6 Å². The Morgan fingerprint density at radius 1 is 1.08 bits per heavy atom. The van der Waals surface area contributed by atoms with Crippen LogP contribution < -0.4 is 0 Å². The number of benzene rings is 2. The van der Waals surface area contributed by atoms with Gasteiger partial charge < -0.3 is 0 Å². The molecule has 3 atom stereocenters. The van der Waals surface area contributed by atoms with E-state index in [-0.39, 0.29) is 23.2 Å². The van der Waals surface area contributed by atoms with Crippen LogP contribution in [0.15, 0.2) is 72.4 Å². The van der Waals surface area contributed by atoms with Crippen LogP contribution in [0.5, 0.6) is 0 Å². The minimum atomic E-state index is -0.545. The SMILES string of the molecule is CC(C)c1cccc(-c2nc(-c3ccnc4ccccc34)nc3c2CC[C@@H]2[C@@H](C)C(=O)C(C#N)=C[C@@]32C)c1. The highest BCUT2D eigenvalue weighted by atomic mass is 16.1. The molecule has 38 heavy (non-hydrogen) atoms. The number of aromatic nitrogens is 3. The third-order valence-corrected chi connectivity index (χ3v) is 8.56. The molecule has 0 aliphatic heterocycles. The summed E-state index contributed by atoms with van der Waals surface area (Å²) in [7, 11) is 0. The lowest BCUT2D eigenvalue weighted by atomic mass is 9.57. The van der Waals surface area contributed by atoms with E-state index in [1.807, 2.05) is 37.3 Å². The van der Waals surface area contributed by atoms with Gasteiger partial charge in [0, 0.05) is 39.6 Å². The van der Waals surface area contributed by atoms with E-state index < -0.39 is 5.41 Å². The number of allylic oxidation sites excluding steroid dienone is 2. The van der Waals surface area contributed by atoms with Crippen molar-refractivity contribution in [2.45, 2.75) is 51.9 Å². The van der Waals surface area contributed by atoms with E-state index in [0.717, 1.165) is 51.8 Å². The molecule has 2 aliphatic rings. The molecule has 188 valence electrons. The fourth-order valence-electron chi connectivity index (χ4n) is 6.47. The van der Waals surface area contributed by atoms with Crippen LogP contribution in [-0.4, -0.2) is 20.7 Å². The number of hydrogen-bond acceptors (Lipinski definition) is 5. The third-order valence-electron chi connectivity index (χ3n) is 8.56. The lowest BCUT2D eigenvalue weighted by Gasteiger charge is -2.45. The highest BCUT2D eigenvalue weighted by molar-refractivity contribution is 6.02. The topological polar surface area (TPSA) is 79.5 Å². The molecule has 0 saturated carbocycles. The normalized spacial score (nSPS) is 22.5. The van der Waals surface area contributed by atoms with Crippen molar-refractivity contribution >= 4 is 16.7 Å². The van der Waals surface area contributed by atoms with Gasteiger partial charge in [0.2, 0.25) is 0 Å². The first-order valence-electron chi connectivity index (χ1n) is 13.3. The summed E-state index contributed by atoms with van der Waals surface area (Å²) in [5.74, 6) is 0.819. The molecule has 0 unspecified atom stereocenters. The maximum absolute atomic E-state index is 13.0. The van der Waals surface area contributed by atoms with Crippen LogP contribution in [0.3, 0.4) is 0 Å². The summed E-state index contributed by atoms with van der Waals surface area (Å²) < 4.78 is 0. The molecule has 2 aromatic heterocycles. The molecule has 0 radical (unpaired) electrons. The molecular formula is C33H30N4O. The number of carbonyl (C=O) groups excluding carboxylic acids is 1. The molecule has 0 spiro atoms. The Bertz CT molecular complexity index is 1670. The average Bonchev–Trinajstić information content (AvgIpc) is 2.94. The molecule has 0 amide bonds. The highest BCUT2D eigenvalue weighted by Gasteiger charge is 2.49. The van der Waals surface area contributed by atoms with E-state index in [9.17, 15) is 10.1 Å². The summed E-state index contributed by atoms with van der Waals surface area (Å²) in [6.45, 7) is 8.50. The van der Waals surface area contributed by atoms with Gasteiger partial charge in [-0.15, -0.1) is 0 Å². The predicted octanol–water partition coefficient (Wildman–Crippen LogP) is 6.97. The Kier molecular flexibility index (Phi) is 5.72. The van der Waals surface area contributed by atoms with Gasteiger partial charge in [-0.2, -0.15) is 5.26 Å². The van der Waals surface area contributed by atoms with Gasteiger partial charge in [-0.3, -0.25) is 9.78 Å². The Hall–Kier alpha value is -4.17. The highest BCUT2D eigenvalue weighted by Crippen LogP contribution is 2.51. The fourth-order valence-corrected chi connectivity index (χ4v) is 6.47. The number of rotatable bonds is 3. The van der Waals surface area contributed by atoms with Gasteiger partial charge in [-0.25, -0.2) is 9.97 Å². The second kappa shape index (κ2) is 8.99. The largest absolute Gasteiger partial charge is 0.293 e. The predicted molar refractivity (Wildman–Crippen MR) is 149 cm³/mol. The monoisotopic (exact) mass is 498 g/mol. The quantitative estimate of drug-likeness (QED) is 0.305. The summed E-state index contributed by atoms with van der Waals surface area (Å²) in [5, 5.41) is 10.8. The van der Waals surface area contributed by atoms with Gasteiger partial charge in [-0.05, 0) is 48.4 Å². The number of para-hydroxylation sites is 1. The number of pyridine rings is 1. The van der Waals surface area contributed by atoms with E-state index in [1.54, 1.807) is 6.20 Å². The van der Waals surface area contributed by atoms with Crippen molar-refractivity contribution in [3.05, 3.63) is 89.3 Å². The summed E-state index contributed by atoms with van der Waals surface area (Å²) in [6, 6.07) is 20.8. The van der Waals surface area contributed by atoms with Crippen LogP contribution >= 0.6 is 0 Å². The Labute approximate surface area is 223 Å². The molecule has 2 heterocycles. The number of ketones is 1. The molecular weight excluding hydrogens is 468 g/mol. The zero-order chi connectivity index (χ0) is 26.6. The first-order chi connectivity index (χ1) is 18.3. The molecule has 4 aromatic rings. The Balaban J connectivity index is 1.68. The van der Waals surface area contributed by atoms with Crippen molar-refractivity contribution in [2.75, 3.05) is 0 Å². The summed E-state index contributed by atoms with van der Waals surface area (Å²) in [6.07, 6.45) is 5.33. The maximum atomic E-state index is 13.0. The minimum Gasteiger partial charge on any atom is -0.293 e. The zero-order valence-electron chi connectivity index (χ0n) is 22.2. The molecule has 0 bridgehead atoms. The van der Waals surface area contributed by atoms with Crippen LogP contribution in [0.1, 0.15) is 56.9 Å². The third kappa shape index (κ3) is 3.67. The van der Waals surface area contributed by atoms with E-state index in [2.05, 4.69) is 62.2 Å². The van der Waals surface area contributed by atoms with E-state index >= 15 is 0 Å². The van der Waals surface area contributed by atoms with Crippen molar-refractivity contribution in [3.8, 4) is 28.7 Å². The summed E-state index contributed by atoms with van der Waals surface area (Å²) in [5.41, 5.74) is 6.81. The zero-order valence-corrected chi connectivity index (χ0v) is 22.2.